The van der Waals surface area contributed by atoms with Gasteiger partial charge in [-0.05, 0) is 0 Å². The second kappa shape index (κ2) is 4.24. The van der Waals surface area contributed by atoms with Gasteiger partial charge in [0.25, 0.3) is 5.79 Å². The number of carbonyl (C=O) groups is 1. The summed E-state index contributed by atoms with van der Waals surface area (Å²) in [5, 5.41) is 27.1. The monoisotopic (exact) mass is 258 g/mol. The van der Waals surface area contributed by atoms with Crippen LogP contribution < -0.4 is 0 Å². The molecule has 4 N–H and O–H groups in total. The molecule has 0 bridgehead atoms. The Bertz CT molecular complexity index is 375. The lowest BCUT2D eigenvalue weighted by molar-refractivity contribution is -0.265. The van der Waals surface area contributed by atoms with Crippen LogP contribution in [-0.2, 0) is 24.1 Å². The van der Waals surface area contributed by atoms with Gasteiger partial charge in [0, 0.05) is 6.42 Å². The predicted molar refractivity (Wildman–Crippen MR) is 45.6 cm³/mol. The summed E-state index contributed by atoms with van der Waals surface area (Å²) in [5.41, 5.74) is 0. The summed E-state index contributed by atoms with van der Waals surface area (Å²) in [6.45, 7) is -0.691. The van der Waals surface area contributed by atoms with Crippen molar-refractivity contribution < 1.29 is 42.0 Å². The molecule has 3 unspecified atom stereocenters. The Morgan fingerprint density at radius 3 is 2.44 bits per heavy atom. The SMILES string of the molecule is O=C(O)C1(O)CC(O)C(OS(=O)(=O)O)CO1. The highest BCUT2D eigenvalue weighted by atomic mass is 32.3. The third-order valence-electron chi connectivity index (χ3n) is 1.98. The molecule has 1 rings (SSSR count). The van der Waals surface area contributed by atoms with E-state index in [1.54, 1.807) is 0 Å². The molecular weight excluding hydrogens is 248 g/mol. The van der Waals surface area contributed by atoms with Crippen LogP contribution in [0.25, 0.3) is 0 Å². The third kappa shape index (κ3) is 3.10. The second-order valence-corrected chi connectivity index (χ2v) is 4.28. The number of aliphatic carboxylic acids is 1. The number of carboxylic acids is 1. The van der Waals surface area contributed by atoms with Gasteiger partial charge in [-0.25, -0.2) is 8.98 Å². The van der Waals surface area contributed by atoms with Gasteiger partial charge in [-0.2, -0.15) is 8.42 Å². The molecule has 0 aromatic heterocycles. The van der Waals surface area contributed by atoms with E-state index >= 15 is 0 Å². The van der Waals surface area contributed by atoms with Gasteiger partial charge in [0.05, 0.1) is 12.7 Å². The second-order valence-electron chi connectivity index (χ2n) is 3.23. The molecule has 0 spiro atoms. The lowest BCUT2D eigenvalue weighted by Gasteiger charge is -2.35. The largest absolute Gasteiger partial charge is 0.477 e. The van der Waals surface area contributed by atoms with E-state index in [4.69, 9.17) is 9.66 Å². The Hall–Kier alpha value is -0.780. The number of ether oxygens (including phenoxy) is 1. The molecule has 94 valence electrons. The molecule has 0 aliphatic carbocycles. The average Bonchev–Trinajstić information content (AvgIpc) is 2.08. The zero-order chi connectivity index (χ0) is 12.6. The lowest BCUT2D eigenvalue weighted by Crippen LogP contribution is -2.54. The van der Waals surface area contributed by atoms with Crippen LogP contribution in [0.4, 0.5) is 0 Å². The van der Waals surface area contributed by atoms with Crippen molar-refractivity contribution in [1.82, 2.24) is 0 Å². The standard InChI is InChI=1S/C6H10O9S/c7-3-1-6(10,5(8)9)14-2-4(3)15-16(11,12)13/h3-4,7,10H,1-2H2,(H,8,9)(H,11,12,13). The van der Waals surface area contributed by atoms with Gasteiger partial charge in [-0.3, -0.25) is 4.55 Å². The molecule has 10 heteroatoms. The first-order valence-electron chi connectivity index (χ1n) is 4.07. The number of hydrogen-bond acceptors (Lipinski definition) is 7. The molecular formula is C6H10O9S. The van der Waals surface area contributed by atoms with Crippen molar-refractivity contribution in [2.24, 2.45) is 0 Å². The molecule has 1 fully saturated rings. The van der Waals surface area contributed by atoms with E-state index in [0.717, 1.165) is 0 Å². The van der Waals surface area contributed by atoms with Crippen molar-refractivity contribution in [2.75, 3.05) is 6.61 Å². The molecule has 0 radical (unpaired) electrons. The van der Waals surface area contributed by atoms with Crippen LogP contribution in [0.5, 0.6) is 0 Å². The van der Waals surface area contributed by atoms with Gasteiger partial charge in [0.1, 0.15) is 6.10 Å². The number of hydrogen-bond donors (Lipinski definition) is 4. The van der Waals surface area contributed by atoms with E-state index in [-0.39, 0.29) is 0 Å². The first-order valence-corrected chi connectivity index (χ1v) is 5.44. The fraction of sp³-hybridized carbons (Fsp3) is 0.833. The maximum absolute atomic E-state index is 10.5. The van der Waals surface area contributed by atoms with Crippen molar-refractivity contribution in [1.29, 1.82) is 0 Å². The van der Waals surface area contributed by atoms with Crippen LogP contribution in [0.2, 0.25) is 0 Å². The minimum absolute atomic E-state index is 0.691. The van der Waals surface area contributed by atoms with Crippen LogP contribution in [-0.4, -0.2) is 58.9 Å². The highest BCUT2D eigenvalue weighted by molar-refractivity contribution is 7.80. The van der Waals surface area contributed by atoms with Crippen LogP contribution in [0.1, 0.15) is 6.42 Å². The predicted octanol–water partition coefficient (Wildman–Crippen LogP) is -2.27. The Balaban J connectivity index is 2.70. The highest BCUT2D eigenvalue weighted by Gasteiger charge is 2.47. The summed E-state index contributed by atoms with van der Waals surface area (Å²) >= 11 is 0. The average molecular weight is 258 g/mol. The van der Waals surface area contributed by atoms with Gasteiger partial charge in [-0.15, -0.1) is 0 Å². The van der Waals surface area contributed by atoms with Crippen LogP contribution in [0.3, 0.4) is 0 Å². The quantitative estimate of drug-likeness (QED) is 0.410. The first kappa shape index (κ1) is 13.3. The molecule has 0 amide bonds. The zero-order valence-corrected chi connectivity index (χ0v) is 8.62. The minimum atomic E-state index is -4.78. The van der Waals surface area contributed by atoms with Gasteiger partial charge in [0.2, 0.25) is 0 Å². The van der Waals surface area contributed by atoms with Gasteiger partial charge in [-0.1, -0.05) is 0 Å². The van der Waals surface area contributed by atoms with E-state index in [1.165, 1.54) is 0 Å². The summed E-state index contributed by atoms with van der Waals surface area (Å²) in [7, 11) is -4.78. The lowest BCUT2D eigenvalue weighted by atomic mass is 10.0. The molecule has 1 heterocycles. The highest BCUT2D eigenvalue weighted by Crippen LogP contribution is 2.25. The fourth-order valence-electron chi connectivity index (χ4n) is 1.20. The number of rotatable bonds is 3. The summed E-state index contributed by atoms with van der Waals surface area (Å²) in [5.74, 6) is -4.30. The fourth-order valence-corrected chi connectivity index (χ4v) is 1.70. The van der Waals surface area contributed by atoms with Crippen molar-refractivity contribution >= 4 is 16.4 Å². The zero-order valence-electron chi connectivity index (χ0n) is 7.81. The molecule has 0 aromatic rings. The molecule has 0 aromatic carbocycles. The molecule has 0 saturated carbocycles. The van der Waals surface area contributed by atoms with Crippen molar-refractivity contribution in [3.05, 3.63) is 0 Å². The Morgan fingerprint density at radius 2 is 2.06 bits per heavy atom. The Kier molecular flexibility index (Phi) is 3.52. The van der Waals surface area contributed by atoms with E-state index < -0.39 is 47.4 Å². The normalized spacial score (nSPS) is 35.9. The van der Waals surface area contributed by atoms with Gasteiger partial charge >= 0.3 is 16.4 Å². The van der Waals surface area contributed by atoms with E-state index in [1.807, 2.05) is 0 Å². The molecule has 1 aliphatic heterocycles. The van der Waals surface area contributed by atoms with E-state index in [2.05, 4.69) is 8.92 Å². The number of aliphatic hydroxyl groups is 2. The number of aliphatic hydroxyl groups excluding tert-OH is 1. The van der Waals surface area contributed by atoms with E-state index in [0.29, 0.717) is 0 Å². The maximum Gasteiger partial charge on any atom is 0.397 e. The Labute approximate surface area is 90.2 Å². The van der Waals surface area contributed by atoms with Crippen LogP contribution in [0.15, 0.2) is 0 Å². The third-order valence-corrected chi connectivity index (χ3v) is 2.47. The van der Waals surface area contributed by atoms with Gasteiger partial charge < -0.3 is 20.1 Å². The summed E-state index contributed by atoms with van der Waals surface area (Å²) in [6, 6.07) is 0. The maximum atomic E-state index is 10.5. The summed E-state index contributed by atoms with van der Waals surface area (Å²) in [4.78, 5) is 10.5. The topological polar surface area (TPSA) is 151 Å². The van der Waals surface area contributed by atoms with Crippen LogP contribution >= 0.6 is 0 Å². The molecule has 9 nitrogen and oxygen atoms in total. The molecule has 1 saturated heterocycles. The Morgan fingerprint density at radius 1 is 1.50 bits per heavy atom. The first-order chi connectivity index (χ1) is 7.14. The van der Waals surface area contributed by atoms with Crippen LogP contribution in [0, 0.1) is 0 Å². The molecule has 1 aliphatic rings. The van der Waals surface area contributed by atoms with Crippen molar-refractivity contribution in [2.45, 2.75) is 24.4 Å². The molecule has 3 atom stereocenters. The number of carboxylic acid groups (broad SMARTS) is 1. The van der Waals surface area contributed by atoms with E-state index in [9.17, 15) is 23.4 Å². The smallest absolute Gasteiger partial charge is 0.397 e. The summed E-state index contributed by atoms with van der Waals surface area (Å²) < 4.78 is 37.5. The summed E-state index contributed by atoms with van der Waals surface area (Å²) in [6.07, 6.45) is -3.84. The minimum Gasteiger partial charge on any atom is -0.477 e. The van der Waals surface area contributed by atoms with Gasteiger partial charge in [0.15, 0.2) is 0 Å². The van der Waals surface area contributed by atoms with Crippen molar-refractivity contribution in [3.63, 3.8) is 0 Å². The van der Waals surface area contributed by atoms with Crippen molar-refractivity contribution in [3.8, 4) is 0 Å². The molecule has 16 heavy (non-hydrogen) atoms.